The number of ether oxygens (including phenoxy) is 4. The van der Waals surface area contributed by atoms with E-state index in [2.05, 4.69) is 6.92 Å². The van der Waals surface area contributed by atoms with Gasteiger partial charge in [0.1, 0.15) is 19.0 Å². The minimum atomic E-state index is -0.850. The van der Waals surface area contributed by atoms with Crippen LogP contribution in [0.2, 0.25) is 0 Å². The molecule has 8 heteroatoms. The third-order valence-electron chi connectivity index (χ3n) is 6.89. The van der Waals surface area contributed by atoms with Gasteiger partial charge in [-0.05, 0) is 54.8 Å². The van der Waals surface area contributed by atoms with Crippen LogP contribution in [-0.2, 0) is 16.1 Å². The molecule has 208 valence electrons. The number of rotatable bonds is 10. The third kappa shape index (κ3) is 5.47. The molecule has 0 spiro atoms. The summed E-state index contributed by atoms with van der Waals surface area (Å²) in [4.78, 5) is 28.5. The molecule has 0 bridgehead atoms. The van der Waals surface area contributed by atoms with Crippen molar-refractivity contribution in [1.82, 2.24) is 4.90 Å². The molecule has 0 aliphatic carbocycles. The molecule has 1 saturated heterocycles. The zero-order chi connectivity index (χ0) is 28.1. The third-order valence-corrected chi connectivity index (χ3v) is 6.89. The van der Waals surface area contributed by atoms with E-state index in [1.807, 2.05) is 43.3 Å². The number of aliphatic hydroxyl groups excluding tert-OH is 1. The Morgan fingerprint density at radius 2 is 1.70 bits per heavy atom. The van der Waals surface area contributed by atoms with Crippen LogP contribution in [0.5, 0.6) is 23.0 Å². The molecule has 2 aliphatic rings. The van der Waals surface area contributed by atoms with Crippen molar-refractivity contribution in [2.45, 2.75) is 39.3 Å². The summed E-state index contributed by atoms with van der Waals surface area (Å²) >= 11 is 0. The molecule has 0 aromatic heterocycles. The normalized spacial score (nSPS) is 17.6. The Labute approximate surface area is 233 Å². The molecular weight excluding hydrogens is 510 g/mol. The first-order valence-electron chi connectivity index (χ1n) is 13.6. The van der Waals surface area contributed by atoms with Gasteiger partial charge in [0.25, 0.3) is 11.7 Å². The van der Waals surface area contributed by atoms with Crippen LogP contribution in [0.4, 0.5) is 0 Å². The Bertz CT molecular complexity index is 1420. The minimum absolute atomic E-state index is 0.000270. The van der Waals surface area contributed by atoms with Gasteiger partial charge >= 0.3 is 0 Å². The molecule has 0 unspecified atom stereocenters. The highest BCUT2D eigenvalue weighted by Crippen LogP contribution is 2.43. The second-order valence-electron chi connectivity index (χ2n) is 9.61. The smallest absolute Gasteiger partial charge is 0.295 e. The number of carbonyl (C=O) groups excluding carboxylic acids is 2. The molecule has 40 heavy (non-hydrogen) atoms. The van der Waals surface area contributed by atoms with E-state index in [0.29, 0.717) is 60.6 Å². The lowest BCUT2D eigenvalue weighted by Gasteiger charge is -2.26. The molecule has 3 aromatic rings. The lowest BCUT2D eigenvalue weighted by Crippen LogP contribution is -2.29. The summed E-state index contributed by atoms with van der Waals surface area (Å²) in [6.07, 6.45) is 1.90. The van der Waals surface area contributed by atoms with Crippen LogP contribution in [0.3, 0.4) is 0 Å². The number of fused-ring (bicyclic) bond motifs is 1. The molecule has 5 rings (SSSR count). The van der Waals surface area contributed by atoms with E-state index in [1.54, 1.807) is 30.3 Å². The number of nitrogens with zero attached hydrogens (tertiary/aromatic N) is 1. The zero-order valence-electron chi connectivity index (χ0n) is 22.7. The Kier molecular flexibility index (Phi) is 8.24. The number of unbranched alkanes of at least 4 members (excludes halogenated alkanes) is 1. The first-order chi connectivity index (χ1) is 19.5. The average Bonchev–Trinajstić information content (AvgIpc) is 3.23. The molecule has 1 amide bonds. The first kappa shape index (κ1) is 27.1. The number of hydrogen-bond donors (Lipinski definition) is 1. The van der Waals surface area contributed by atoms with E-state index in [-0.39, 0.29) is 17.9 Å². The summed E-state index contributed by atoms with van der Waals surface area (Å²) in [6, 6.07) is 19.0. The Balaban J connectivity index is 1.61. The SMILES string of the molecule is CCCCOc1ccc([C@H]2/C(=C(\O)c3ccc4c(c3)OCCO4)C(=O)C(=O)N2Cc2ccccc2)cc1OCC. The Morgan fingerprint density at radius 1 is 0.925 bits per heavy atom. The highest BCUT2D eigenvalue weighted by atomic mass is 16.6. The molecule has 2 heterocycles. The predicted octanol–water partition coefficient (Wildman–Crippen LogP) is 5.66. The molecule has 0 saturated carbocycles. The minimum Gasteiger partial charge on any atom is -0.507 e. The van der Waals surface area contributed by atoms with E-state index in [1.165, 1.54) is 4.90 Å². The maximum Gasteiger partial charge on any atom is 0.295 e. The standard InChI is InChI=1S/C32H33NO7/c1-3-5-15-38-24-13-11-22(18-26(24)37-4-2)29-28(30(34)23-12-14-25-27(19-23)40-17-16-39-25)31(35)32(36)33(29)20-21-9-7-6-8-10-21/h6-14,18-19,29,34H,3-5,15-17,20H2,1-2H3/b30-28+/t29-/m0/s1. The summed E-state index contributed by atoms with van der Waals surface area (Å²) in [6.45, 7) is 5.93. The number of benzene rings is 3. The fourth-order valence-corrected chi connectivity index (χ4v) is 4.92. The molecule has 0 radical (unpaired) electrons. The molecule has 1 atom stereocenters. The van der Waals surface area contributed by atoms with Crippen molar-refractivity contribution in [3.05, 3.63) is 89.0 Å². The molecular formula is C32H33NO7. The highest BCUT2D eigenvalue weighted by molar-refractivity contribution is 6.46. The van der Waals surface area contributed by atoms with Crippen molar-refractivity contribution < 1.29 is 33.6 Å². The van der Waals surface area contributed by atoms with E-state index in [9.17, 15) is 14.7 Å². The van der Waals surface area contributed by atoms with Crippen molar-refractivity contribution in [3.63, 3.8) is 0 Å². The number of likely N-dealkylation sites (tertiary alicyclic amines) is 1. The van der Waals surface area contributed by atoms with Crippen LogP contribution in [0.25, 0.3) is 5.76 Å². The van der Waals surface area contributed by atoms with Crippen molar-refractivity contribution in [2.24, 2.45) is 0 Å². The second kappa shape index (κ2) is 12.2. The van der Waals surface area contributed by atoms with Gasteiger partial charge in [0, 0.05) is 12.1 Å². The number of hydrogen-bond acceptors (Lipinski definition) is 7. The van der Waals surface area contributed by atoms with E-state index >= 15 is 0 Å². The highest BCUT2D eigenvalue weighted by Gasteiger charge is 2.46. The maximum atomic E-state index is 13.5. The quantitative estimate of drug-likeness (QED) is 0.153. The Hall–Kier alpha value is -4.46. The van der Waals surface area contributed by atoms with Gasteiger partial charge in [-0.15, -0.1) is 0 Å². The van der Waals surface area contributed by atoms with Crippen LogP contribution in [0, 0.1) is 0 Å². The Morgan fingerprint density at radius 3 is 2.45 bits per heavy atom. The van der Waals surface area contributed by atoms with Gasteiger partial charge in [-0.2, -0.15) is 0 Å². The van der Waals surface area contributed by atoms with E-state index in [0.717, 1.165) is 18.4 Å². The molecule has 2 aliphatic heterocycles. The van der Waals surface area contributed by atoms with Gasteiger partial charge in [-0.3, -0.25) is 9.59 Å². The monoisotopic (exact) mass is 543 g/mol. The van der Waals surface area contributed by atoms with Crippen molar-refractivity contribution in [1.29, 1.82) is 0 Å². The van der Waals surface area contributed by atoms with Crippen molar-refractivity contribution >= 4 is 17.4 Å². The van der Waals surface area contributed by atoms with Gasteiger partial charge in [0.2, 0.25) is 0 Å². The van der Waals surface area contributed by atoms with E-state index < -0.39 is 17.7 Å². The largest absolute Gasteiger partial charge is 0.507 e. The first-order valence-corrected chi connectivity index (χ1v) is 13.6. The van der Waals surface area contributed by atoms with Gasteiger partial charge < -0.3 is 29.0 Å². The summed E-state index contributed by atoms with van der Waals surface area (Å²) in [5.41, 5.74) is 1.84. The number of Topliss-reactive ketones (excluding diaryl/α,β-unsaturated/α-hetero) is 1. The van der Waals surface area contributed by atoms with Gasteiger partial charge in [0.05, 0.1) is 24.8 Å². The lowest BCUT2D eigenvalue weighted by atomic mass is 9.94. The fraction of sp³-hybridized carbons (Fsp3) is 0.312. The van der Waals surface area contributed by atoms with Crippen LogP contribution in [-0.4, -0.2) is 48.1 Å². The van der Waals surface area contributed by atoms with Gasteiger partial charge in [-0.25, -0.2) is 0 Å². The topological polar surface area (TPSA) is 94.5 Å². The molecule has 3 aromatic carbocycles. The van der Waals surface area contributed by atoms with Crippen LogP contribution in [0.15, 0.2) is 72.3 Å². The number of ketones is 1. The van der Waals surface area contributed by atoms with Crippen molar-refractivity contribution in [3.8, 4) is 23.0 Å². The lowest BCUT2D eigenvalue weighted by molar-refractivity contribution is -0.140. The number of amides is 1. The second-order valence-corrected chi connectivity index (χ2v) is 9.61. The summed E-state index contributed by atoms with van der Waals surface area (Å²) in [7, 11) is 0. The van der Waals surface area contributed by atoms with Gasteiger partial charge in [0.15, 0.2) is 23.0 Å². The number of carbonyl (C=O) groups is 2. The fourth-order valence-electron chi connectivity index (χ4n) is 4.92. The maximum absolute atomic E-state index is 13.5. The predicted molar refractivity (Wildman–Crippen MR) is 150 cm³/mol. The number of aliphatic hydroxyl groups is 1. The molecule has 8 nitrogen and oxygen atoms in total. The summed E-state index contributed by atoms with van der Waals surface area (Å²) < 4.78 is 23.1. The van der Waals surface area contributed by atoms with Crippen molar-refractivity contribution in [2.75, 3.05) is 26.4 Å². The van der Waals surface area contributed by atoms with Crippen LogP contribution >= 0.6 is 0 Å². The van der Waals surface area contributed by atoms with E-state index in [4.69, 9.17) is 18.9 Å². The van der Waals surface area contributed by atoms with Crippen LogP contribution in [0.1, 0.15) is 49.4 Å². The zero-order valence-corrected chi connectivity index (χ0v) is 22.7. The van der Waals surface area contributed by atoms with Gasteiger partial charge in [-0.1, -0.05) is 49.7 Å². The van der Waals surface area contributed by atoms with Crippen LogP contribution < -0.4 is 18.9 Å². The molecule has 1 N–H and O–H groups in total. The average molecular weight is 544 g/mol. The summed E-state index contributed by atoms with van der Waals surface area (Å²) in [5, 5.41) is 11.5. The molecule has 1 fully saturated rings. The summed E-state index contributed by atoms with van der Waals surface area (Å²) in [5.74, 6) is 0.411.